The lowest BCUT2D eigenvalue weighted by Gasteiger charge is -2.10. The molecule has 0 saturated carbocycles. The van der Waals surface area contributed by atoms with Crippen molar-refractivity contribution in [2.24, 2.45) is 0 Å². The van der Waals surface area contributed by atoms with Gasteiger partial charge in [0, 0.05) is 5.56 Å². The van der Waals surface area contributed by atoms with Crippen LogP contribution in [0.2, 0.25) is 0 Å². The lowest BCUT2D eigenvalue weighted by molar-refractivity contribution is 0.0597. The maximum Gasteiger partial charge on any atom is 0.341 e. The minimum absolute atomic E-state index is 0.0271. The van der Waals surface area contributed by atoms with Crippen LogP contribution in [-0.2, 0) is 4.74 Å². The van der Waals surface area contributed by atoms with Gasteiger partial charge in [0.2, 0.25) is 0 Å². The maximum atomic E-state index is 12.5. The molecule has 3 rings (SSSR count). The van der Waals surface area contributed by atoms with Crippen molar-refractivity contribution in [2.45, 2.75) is 13.8 Å². The molecule has 0 radical (unpaired) electrons. The zero-order valence-corrected chi connectivity index (χ0v) is 14.5. The van der Waals surface area contributed by atoms with Crippen LogP contribution in [0, 0.1) is 13.8 Å². The Morgan fingerprint density at radius 3 is 2.42 bits per heavy atom. The van der Waals surface area contributed by atoms with Crippen LogP contribution >= 0.6 is 0 Å². The summed E-state index contributed by atoms with van der Waals surface area (Å²) < 4.78 is 4.60. The van der Waals surface area contributed by atoms with Crippen LogP contribution in [0.3, 0.4) is 0 Å². The van der Waals surface area contributed by atoms with Gasteiger partial charge in [0.1, 0.15) is 5.56 Å². The van der Waals surface area contributed by atoms with E-state index in [1.54, 1.807) is 24.3 Å². The summed E-state index contributed by atoms with van der Waals surface area (Å²) in [5, 5.41) is 12.8. The number of phenolic OH excluding ortho intramolecular Hbond substituents is 1. The van der Waals surface area contributed by atoms with Crippen LogP contribution in [0.5, 0.6) is 5.75 Å². The van der Waals surface area contributed by atoms with Gasteiger partial charge >= 0.3 is 5.97 Å². The first-order chi connectivity index (χ1) is 12.4. The van der Waals surface area contributed by atoms with Crippen molar-refractivity contribution in [1.82, 2.24) is 9.97 Å². The molecule has 1 heterocycles. The third-order valence-corrected chi connectivity index (χ3v) is 4.03. The van der Waals surface area contributed by atoms with Gasteiger partial charge < -0.3 is 15.2 Å². The number of carbonyl (C=O) groups excluding carboxylic acids is 2. The second-order valence-corrected chi connectivity index (χ2v) is 5.75. The van der Waals surface area contributed by atoms with Crippen molar-refractivity contribution in [3.05, 3.63) is 58.9 Å². The summed E-state index contributed by atoms with van der Waals surface area (Å²) in [5.41, 5.74) is 3.37. The fourth-order valence-electron chi connectivity index (χ4n) is 2.49. The standard InChI is InChI=1S/C19H17N3O4/c1-10-11(2)21-16-9-12(7-8-14(16)20-10)18(24)22-15-6-4-5-13(17(15)23)19(25)26-3/h4-9,23H,1-3H3,(H,22,24). The number of phenols is 1. The summed E-state index contributed by atoms with van der Waals surface area (Å²) in [6.07, 6.45) is 0. The van der Waals surface area contributed by atoms with Crippen LogP contribution in [0.25, 0.3) is 11.0 Å². The number of nitrogens with zero attached hydrogens (tertiary/aromatic N) is 2. The molecular formula is C19H17N3O4. The molecule has 0 saturated heterocycles. The Labute approximate surface area is 149 Å². The number of hydrogen-bond acceptors (Lipinski definition) is 6. The molecule has 0 unspecified atom stereocenters. The lowest BCUT2D eigenvalue weighted by atomic mass is 10.1. The topological polar surface area (TPSA) is 101 Å². The van der Waals surface area contributed by atoms with Gasteiger partial charge in [-0.25, -0.2) is 14.8 Å². The normalized spacial score (nSPS) is 10.6. The van der Waals surface area contributed by atoms with E-state index in [0.717, 1.165) is 11.4 Å². The van der Waals surface area contributed by atoms with Gasteiger partial charge in [-0.1, -0.05) is 6.07 Å². The van der Waals surface area contributed by atoms with Crippen molar-refractivity contribution in [1.29, 1.82) is 0 Å². The predicted molar refractivity (Wildman–Crippen MR) is 96.4 cm³/mol. The van der Waals surface area contributed by atoms with Gasteiger partial charge in [0.05, 0.1) is 35.2 Å². The number of fused-ring (bicyclic) bond motifs is 1. The molecular weight excluding hydrogens is 334 g/mol. The summed E-state index contributed by atoms with van der Waals surface area (Å²) in [7, 11) is 1.22. The number of hydrogen-bond donors (Lipinski definition) is 2. The maximum absolute atomic E-state index is 12.5. The molecule has 7 nitrogen and oxygen atoms in total. The highest BCUT2D eigenvalue weighted by atomic mass is 16.5. The zero-order valence-electron chi connectivity index (χ0n) is 14.5. The predicted octanol–water partition coefficient (Wildman–Crippen LogP) is 2.99. The van der Waals surface area contributed by atoms with Crippen molar-refractivity contribution in [3.8, 4) is 5.75 Å². The van der Waals surface area contributed by atoms with E-state index in [1.165, 1.54) is 19.2 Å². The van der Waals surface area contributed by atoms with Crippen LogP contribution < -0.4 is 5.32 Å². The second kappa shape index (κ2) is 6.79. The molecule has 0 aliphatic heterocycles. The molecule has 3 aromatic rings. The minimum atomic E-state index is -0.689. The third kappa shape index (κ3) is 3.19. The number of amides is 1. The molecule has 7 heteroatoms. The number of aryl methyl sites for hydroxylation is 2. The number of carbonyl (C=O) groups is 2. The SMILES string of the molecule is COC(=O)c1cccc(NC(=O)c2ccc3nc(C)c(C)nc3c2)c1O. The molecule has 2 N–H and O–H groups in total. The van der Waals surface area contributed by atoms with Gasteiger partial charge in [-0.3, -0.25) is 4.79 Å². The fourth-order valence-corrected chi connectivity index (χ4v) is 2.49. The zero-order chi connectivity index (χ0) is 18.8. The molecule has 1 amide bonds. The number of esters is 1. The van der Waals surface area contributed by atoms with Crippen molar-refractivity contribution >= 4 is 28.6 Å². The van der Waals surface area contributed by atoms with Crippen LogP contribution in [0.1, 0.15) is 32.1 Å². The average Bonchev–Trinajstić information content (AvgIpc) is 2.63. The van der Waals surface area contributed by atoms with E-state index in [4.69, 9.17) is 0 Å². The Bertz CT molecular complexity index is 1030. The van der Waals surface area contributed by atoms with E-state index in [2.05, 4.69) is 20.0 Å². The van der Waals surface area contributed by atoms with E-state index < -0.39 is 11.9 Å². The highest BCUT2D eigenvalue weighted by Crippen LogP contribution is 2.28. The van der Waals surface area contributed by atoms with Crippen LogP contribution in [0.4, 0.5) is 5.69 Å². The van der Waals surface area contributed by atoms with E-state index in [9.17, 15) is 14.7 Å². The Balaban J connectivity index is 1.92. The number of nitrogens with one attached hydrogen (secondary N) is 1. The number of anilines is 1. The van der Waals surface area contributed by atoms with Crippen LogP contribution in [-0.4, -0.2) is 34.1 Å². The van der Waals surface area contributed by atoms with E-state index in [-0.39, 0.29) is 17.0 Å². The molecule has 0 spiro atoms. The van der Waals surface area contributed by atoms with Crippen molar-refractivity contribution < 1.29 is 19.4 Å². The van der Waals surface area contributed by atoms with Gasteiger partial charge in [0.15, 0.2) is 5.75 Å². The van der Waals surface area contributed by atoms with Crippen LogP contribution in [0.15, 0.2) is 36.4 Å². The summed E-state index contributed by atoms with van der Waals surface area (Å²) >= 11 is 0. The molecule has 2 aromatic carbocycles. The first kappa shape index (κ1) is 17.3. The Morgan fingerprint density at radius 2 is 1.73 bits per heavy atom. The molecule has 0 atom stereocenters. The van der Waals surface area contributed by atoms with Gasteiger partial charge in [0.25, 0.3) is 5.91 Å². The minimum Gasteiger partial charge on any atom is -0.505 e. The average molecular weight is 351 g/mol. The highest BCUT2D eigenvalue weighted by Gasteiger charge is 2.17. The fraction of sp³-hybridized carbons (Fsp3) is 0.158. The quantitative estimate of drug-likeness (QED) is 0.556. The highest BCUT2D eigenvalue weighted by molar-refractivity contribution is 6.07. The molecule has 0 bridgehead atoms. The number of benzene rings is 2. The first-order valence-corrected chi connectivity index (χ1v) is 7.87. The van der Waals surface area contributed by atoms with Gasteiger partial charge in [-0.15, -0.1) is 0 Å². The summed E-state index contributed by atoms with van der Waals surface area (Å²) in [5.74, 6) is -1.48. The molecule has 132 valence electrons. The number of rotatable bonds is 3. The van der Waals surface area contributed by atoms with Gasteiger partial charge in [-0.05, 0) is 44.2 Å². The second-order valence-electron chi connectivity index (χ2n) is 5.75. The molecule has 26 heavy (non-hydrogen) atoms. The summed E-state index contributed by atoms with van der Waals surface area (Å²) in [4.78, 5) is 33.0. The number of para-hydroxylation sites is 1. The number of methoxy groups -OCH3 is 1. The third-order valence-electron chi connectivity index (χ3n) is 4.03. The monoisotopic (exact) mass is 351 g/mol. The van der Waals surface area contributed by atoms with Crippen molar-refractivity contribution in [3.63, 3.8) is 0 Å². The smallest absolute Gasteiger partial charge is 0.341 e. The Morgan fingerprint density at radius 1 is 1.04 bits per heavy atom. The summed E-state index contributed by atoms with van der Waals surface area (Å²) in [6, 6.07) is 9.42. The molecule has 0 aliphatic rings. The summed E-state index contributed by atoms with van der Waals surface area (Å²) in [6.45, 7) is 3.73. The largest absolute Gasteiger partial charge is 0.505 e. The molecule has 0 fully saturated rings. The van der Waals surface area contributed by atoms with E-state index in [1.807, 2.05) is 13.8 Å². The Hall–Kier alpha value is -3.48. The van der Waals surface area contributed by atoms with Gasteiger partial charge in [-0.2, -0.15) is 0 Å². The number of ether oxygens (including phenoxy) is 1. The van der Waals surface area contributed by atoms with E-state index >= 15 is 0 Å². The molecule has 1 aromatic heterocycles. The Kier molecular flexibility index (Phi) is 4.53. The van der Waals surface area contributed by atoms with Crippen molar-refractivity contribution in [2.75, 3.05) is 12.4 Å². The molecule has 0 aliphatic carbocycles. The number of aromatic hydroxyl groups is 1. The van der Waals surface area contributed by atoms with E-state index in [0.29, 0.717) is 16.6 Å². The lowest BCUT2D eigenvalue weighted by Crippen LogP contribution is -2.13. The number of aromatic nitrogens is 2. The first-order valence-electron chi connectivity index (χ1n) is 7.87.